The minimum atomic E-state index is -0.182. The van der Waals surface area contributed by atoms with Crippen LogP contribution in [0.2, 0.25) is 0 Å². The van der Waals surface area contributed by atoms with Crippen molar-refractivity contribution < 1.29 is 4.79 Å². The third-order valence-electron chi connectivity index (χ3n) is 3.66. The Labute approximate surface area is 141 Å². The fourth-order valence-corrected chi connectivity index (χ4v) is 3.65. The molecule has 114 valence electrons. The number of carbonyl (C=O) groups is 1. The molecule has 3 aromatic carbocycles. The lowest BCUT2D eigenvalue weighted by atomic mass is 10.0. The Morgan fingerprint density at radius 1 is 0.739 bits per heavy atom. The van der Waals surface area contributed by atoms with Crippen molar-refractivity contribution in [3.63, 3.8) is 0 Å². The maximum Gasteiger partial charge on any atom is 0.180 e. The van der Waals surface area contributed by atoms with Gasteiger partial charge in [-0.2, -0.15) is 0 Å². The van der Waals surface area contributed by atoms with Gasteiger partial charge in [0.2, 0.25) is 0 Å². The van der Waals surface area contributed by atoms with Gasteiger partial charge in [0.25, 0.3) is 0 Å². The van der Waals surface area contributed by atoms with Gasteiger partial charge in [-0.3, -0.25) is 4.79 Å². The average Bonchev–Trinajstić information content (AvgIpc) is 2.64. The standard InChI is InChI=1S/C21H18OS/c22-20(18-12-6-2-7-13-18)21(19-14-8-3-9-15-19)23-16-17-10-4-1-5-11-17/h1-15,21H,16H2/t21-/m0/s1. The molecule has 0 aliphatic heterocycles. The summed E-state index contributed by atoms with van der Waals surface area (Å²) in [6, 6.07) is 29.8. The molecule has 0 unspecified atom stereocenters. The maximum absolute atomic E-state index is 12.9. The van der Waals surface area contributed by atoms with E-state index < -0.39 is 0 Å². The van der Waals surface area contributed by atoms with Gasteiger partial charge in [-0.1, -0.05) is 91.0 Å². The van der Waals surface area contributed by atoms with Gasteiger partial charge < -0.3 is 0 Å². The molecule has 1 atom stereocenters. The monoisotopic (exact) mass is 318 g/mol. The molecule has 3 rings (SSSR count). The highest BCUT2D eigenvalue weighted by atomic mass is 32.2. The van der Waals surface area contributed by atoms with Gasteiger partial charge in [-0.05, 0) is 11.1 Å². The van der Waals surface area contributed by atoms with E-state index in [0.717, 1.165) is 16.9 Å². The molecule has 0 heterocycles. The fourth-order valence-electron chi connectivity index (χ4n) is 2.46. The number of hydrogen-bond donors (Lipinski definition) is 0. The van der Waals surface area contributed by atoms with E-state index in [9.17, 15) is 4.79 Å². The number of thioether (sulfide) groups is 1. The van der Waals surface area contributed by atoms with E-state index in [2.05, 4.69) is 12.1 Å². The normalized spacial score (nSPS) is 11.8. The van der Waals surface area contributed by atoms with Gasteiger partial charge >= 0.3 is 0 Å². The lowest BCUT2D eigenvalue weighted by Gasteiger charge is -2.16. The van der Waals surface area contributed by atoms with E-state index in [0.29, 0.717) is 0 Å². The van der Waals surface area contributed by atoms with Gasteiger partial charge in [-0.25, -0.2) is 0 Å². The Kier molecular flexibility index (Phi) is 5.28. The van der Waals surface area contributed by atoms with Crippen LogP contribution >= 0.6 is 11.8 Å². The second-order valence-corrected chi connectivity index (χ2v) is 6.41. The summed E-state index contributed by atoms with van der Waals surface area (Å²) in [4.78, 5) is 12.9. The van der Waals surface area contributed by atoms with Crippen LogP contribution in [0.1, 0.15) is 26.7 Å². The molecule has 3 aromatic rings. The van der Waals surface area contributed by atoms with Crippen molar-refractivity contribution in [3.8, 4) is 0 Å². The maximum atomic E-state index is 12.9. The van der Waals surface area contributed by atoms with Crippen molar-refractivity contribution >= 4 is 17.5 Å². The summed E-state index contributed by atoms with van der Waals surface area (Å²) in [7, 11) is 0. The van der Waals surface area contributed by atoms with Gasteiger partial charge in [0.1, 0.15) is 0 Å². The zero-order chi connectivity index (χ0) is 15.9. The molecular formula is C21H18OS. The Hall–Kier alpha value is -2.32. The van der Waals surface area contributed by atoms with E-state index in [4.69, 9.17) is 0 Å². The first kappa shape index (κ1) is 15.6. The van der Waals surface area contributed by atoms with Crippen molar-refractivity contribution in [1.82, 2.24) is 0 Å². The highest BCUT2D eigenvalue weighted by Gasteiger charge is 2.22. The molecule has 0 aliphatic carbocycles. The Morgan fingerprint density at radius 3 is 1.87 bits per heavy atom. The first-order chi connectivity index (χ1) is 11.3. The molecule has 0 radical (unpaired) electrons. The smallest absolute Gasteiger partial charge is 0.180 e. The topological polar surface area (TPSA) is 17.1 Å². The van der Waals surface area contributed by atoms with Crippen LogP contribution in [-0.2, 0) is 5.75 Å². The van der Waals surface area contributed by atoms with Gasteiger partial charge in [0.15, 0.2) is 5.78 Å². The largest absolute Gasteiger partial charge is 0.293 e. The molecule has 0 saturated carbocycles. The number of rotatable bonds is 6. The minimum absolute atomic E-state index is 0.165. The molecule has 2 heteroatoms. The molecule has 1 nitrogen and oxygen atoms in total. The van der Waals surface area contributed by atoms with Crippen LogP contribution in [0.25, 0.3) is 0 Å². The summed E-state index contributed by atoms with van der Waals surface area (Å²) in [5.41, 5.74) is 3.06. The first-order valence-corrected chi connectivity index (χ1v) is 8.69. The average molecular weight is 318 g/mol. The molecule has 0 fully saturated rings. The van der Waals surface area contributed by atoms with E-state index in [1.54, 1.807) is 11.8 Å². The molecule has 0 aliphatic rings. The van der Waals surface area contributed by atoms with Crippen LogP contribution in [-0.4, -0.2) is 5.78 Å². The van der Waals surface area contributed by atoms with Crippen LogP contribution in [0.15, 0.2) is 91.0 Å². The molecule has 23 heavy (non-hydrogen) atoms. The number of carbonyl (C=O) groups excluding carboxylic acids is 1. The van der Waals surface area contributed by atoms with Crippen LogP contribution in [0, 0.1) is 0 Å². The molecule has 0 amide bonds. The van der Waals surface area contributed by atoms with Gasteiger partial charge in [0, 0.05) is 11.3 Å². The number of hydrogen-bond acceptors (Lipinski definition) is 2. The quantitative estimate of drug-likeness (QED) is 0.555. The second kappa shape index (κ2) is 7.80. The summed E-state index contributed by atoms with van der Waals surface area (Å²) >= 11 is 1.68. The molecule has 0 bridgehead atoms. The van der Waals surface area contributed by atoms with E-state index in [-0.39, 0.29) is 11.0 Å². The predicted molar refractivity (Wildman–Crippen MR) is 97.7 cm³/mol. The van der Waals surface area contributed by atoms with Crippen molar-refractivity contribution in [2.45, 2.75) is 11.0 Å². The zero-order valence-corrected chi connectivity index (χ0v) is 13.6. The highest BCUT2D eigenvalue weighted by molar-refractivity contribution is 7.99. The summed E-state index contributed by atoms with van der Waals surface area (Å²) < 4.78 is 0. The lowest BCUT2D eigenvalue weighted by Crippen LogP contribution is -2.10. The van der Waals surface area contributed by atoms with Crippen LogP contribution in [0.5, 0.6) is 0 Å². The Morgan fingerprint density at radius 2 is 1.26 bits per heavy atom. The second-order valence-electron chi connectivity index (χ2n) is 5.32. The molecule has 0 spiro atoms. The van der Waals surface area contributed by atoms with Gasteiger partial charge in [-0.15, -0.1) is 11.8 Å². The van der Waals surface area contributed by atoms with Crippen LogP contribution in [0.3, 0.4) is 0 Å². The summed E-state index contributed by atoms with van der Waals surface area (Å²) in [5, 5.41) is -0.182. The predicted octanol–water partition coefficient (Wildman–Crippen LogP) is 5.54. The third-order valence-corrected chi connectivity index (χ3v) is 4.98. The van der Waals surface area contributed by atoms with E-state index in [1.165, 1.54) is 5.56 Å². The van der Waals surface area contributed by atoms with Gasteiger partial charge in [0.05, 0.1) is 5.25 Å². The number of benzene rings is 3. The Balaban J connectivity index is 1.84. The summed E-state index contributed by atoms with van der Waals surface area (Å²) in [6.45, 7) is 0. The van der Waals surface area contributed by atoms with Crippen LogP contribution < -0.4 is 0 Å². The molecular weight excluding hydrogens is 300 g/mol. The van der Waals surface area contributed by atoms with Crippen molar-refractivity contribution in [1.29, 1.82) is 0 Å². The van der Waals surface area contributed by atoms with Crippen molar-refractivity contribution in [2.24, 2.45) is 0 Å². The first-order valence-electron chi connectivity index (χ1n) is 7.64. The zero-order valence-electron chi connectivity index (χ0n) is 12.8. The number of Topliss-reactive ketones (excluding diaryl/α,β-unsaturated/α-hetero) is 1. The fraction of sp³-hybridized carbons (Fsp3) is 0.0952. The summed E-state index contributed by atoms with van der Waals surface area (Å²) in [5.74, 6) is 0.983. The van der Waals surface area contributed by atoms with E-state index >= 15 is 0 Å². The van der Waals surface area contributed by atoms with Crippen molar-refractivity contribution in [2.75, 3.05) is 0 Å². The van der Waals surface area contributed by atoms with Crippen LogP contribution in [0.4, 0.5) is 0 Å². The molecule has 0 aromatic heterocycles. The van der Waals surface area contributed by atoms with Crippen molar-refractivity contribution in [3.05, 3.63) is 108 Å². The SMILES string of the molecule is O=C(c1ccccc1)[C@@H](SCc1ccccc1)c1ccccc1. The third kappa shape index (κ3) is 4.11. The molecule has 0 saturated heterocycles. The molecule has 0 N–H and O–H groups in total. The minimum Gasteiger partial charge on any atom is -0.293 e. The van der Waals surface area contributed by atoms with E-state index in [1.807, 2.05) is 78.9 Å². The number of ketones is 1. The highest BCUT2D eigenvalue weighted by Crippen LogP contribution is 2.34. The lowest BCUT2D eigenvalue weighted by molar-refractivity contribution is 0.0989. The summed E-state index contributed by atoms with van der Waals surface area (Å²) in [6.07, 6.45) is 0. The Bertz CT molecular complexity index is 739.